The van der Waals surface area contributed by atoms with Gasteiger partial charge in [-0.1, -0.05) is 30.3 Å². The van der Waals surface area contributed by atoms with Crippen LogP contribution in [0, 0.1) is 11.7 Å². The molecule has 9 nitrogen and oxygen atoms in total. The molecule has 1 aliphatic heterocycles. The van der Waals surface area contributed by atoms with Crippen molar-refractivity contribution >= 4 is 11.9 Å². The van der Waals surface area contributed by atoms with E-state index in [1.54, 1.807) is 38.1 Å². The number of carbonyl (C=O) groups is 2. The highest BCUT2D eigenvalue weighted by Gasteiger charge is 2.32. The van der Waals surface area contributed by atoms with E-state index in [0.717, 1.165) is 9.25 Å². The van der Waals surface area contributed by atoms with Crippen LogP contribution >= 0.6 is 0 Å². The van der Waals surface area contributed by atoms with Crippen molar-refractivity contribution in [3.8, 4) is 5.69 Å². The topological polar surface area (TPSA) is 104 Å². The first kappa shape index (κ1) is 25.0. The van der Waals surface area contributed by atoms with Crippen molar-refractivity contribution in [2.24, 2.45) is 5.92 Å². The molecule has 36 heavy (non-hydrogen) atoms. The number of rotatable bonds is 6. The first-order valence-electron chi connectivity index (χ1n) is 11.8. The van der Waals surface area contributed by atoms with Crippen LogP contribution in [0.4, 0.5) is 4.39 Å². The predicted molar refractivity (Wildman–Crippen MR) is 130 cm³/mol. The van der Waals surface area contributed by atoms with Crippen molar-refractivity contribution in [2.75, 3.05) is 19.7 Å². The third kappa shape index (κ3) is 4.98. The van der Waals surface area contributed by atoms with E-state index in [9.17, 15) is 23.6 Å². The Hall–Kier alpha value is -4.08. The molecule has 0 bridgehead atoms. The smallest absolute Gasteiger partial charge is 0.352 e. The van der Waals surface area contributed by atoms with Crippen molar-refractivity contribution in [2.45, 2.75) is 32.7 Å². The number of benzene rings is 2. The molecule has 2 heterocycles. The van der Waals surface area contributed by atoms with Crippen LogP contribution in [-0.4, -0.2) is 50.8 Å². The van der Waals surface area contributed by atoms with Gasteiger partial charge in [-0.15, -0.1) is 0 Å². The Morgan fingerprint density at radius 2 is 1.69 bits per heavy atom. The van der Waals surface area contributed by atoms with Gasteiger partial charge in [-0.05, 0) is 56.5 Å². The van der Waals surface area contributed by atoms with Crippen molar-refractivity contribution in [3.05, 3.63) is 92.5 Å². The van der Waals surface area contributed by atoms with E-state index in [4.69, 9.17) is 4.74 Å². The Morgan fingerprint density at radius 3 is 2.31 bits per heavy atom. The average molecular weight is 495 g/mol. The SMILES string of the molecule is CCOC(=O)C1CCN(C(=O)c2nn(-c3ccc(F)cc3)c(=O)n(C(C)c3ccccc3)c2=O)CC1. The first-order chi connectivity index (χ1) is 17.3. The normalized spacial score (nSPS) is 14.9. The number of amides is 1. The van der Waals surface area contributed by atoms with E-state index in [2.05, 4.69) is 5.10 Å². The zero-order chi connectivity index (χ0) is 25.8. The van der Waals surface area contributed by atoms with Gasteiger partial charge in [0.15, 0.2) is 0 Å². The third-order valence-corrected chi connectivity index (χ3v) is 6.35. The van der Waals surface area contributed by atoms with Crippen LogP contribution < -0.4 is 11.2 Å². The van der Waals surface area contributed by atoms with Crippen LogP contribution in [0.2, 0.25) is 0 Å². The maximum absolute atomic E-state index is 13.5. The highest BCUT2D eigenvalue weighted by molar-refractivity contribution is 5.92. The lowest BCUT2D eigenvalue weighted by molar-refractivity contribution is -0.149. The van der Waals surface area contributed by atoms with Gasteiger partial charge in [0.2, 0.25) is 5.69 Å². The molecule has 1 aromatic heterocycles. The van der Waals surface area contributed by atoms with Crippen molar-refractivity contribution in [1.82, 2.24) is 19.2 Å². The molecule has 0 saturated carbocycles. The molecule has 1 amide bonds. The standard InChI is InChI=1S/C26H27FN4O5/c1-3-36-25(34)19-13-15-29(16-14-19)23(32)22-24(33)30(17(2)18-7-5-4-6-8-18)26(35)31(28-22)21-11-9-20(27)10-12-21/h4-12,17,19H,3,13-16H2,1-2H3. The van der Waals surface area contributed by atoms with Gasteiger partial charge in [0, 0.05) is 13.1 Å². The summed E-state index contributed by atoms with van der Waals surface area (Å²) in [6.07, 6.45) is 0.799. The van der Waals surface area contributed by atoms with Crippen LogP contribution in [-0.2, 0) is 9.53 Å². The number of halogens is 1. The lowest BCUT2D eigenvalue weighted by atomic mass is 9.97. The minimum absolute atomic E-state index is 0.213. The van der Waals surface area contributed by atoms with Gasteiger partial charge in [0.05, 0.1) is 24.3 Å². The summed E-state index contributed by atoms with van der Waals surface area (Å²) < 4.78 is 20.5. The Bertz CT molecular complexity index is 1360. The first-order valence-corrected chi connectivity index (χ1v) is 11.8. The van der Waals surface area contributed by atoms with E-state index in [1.165, 1.54) is 29.2 Å². The molecular weight excluding hydrogens is 467 g/mol. The molecule has 0 N–H and O–H groups in total. The van der Waals surface area contributed by atoms with E-state index in [1.807, 2.05) is 6.07 Å². The molecule has 1 atom stereocenters. The number of piperidine rings is 1. The van der Waals surface area contributed by atoms with Crippen LogP contribution in [0.5, 0.6) is 0 Å². The zero-order valence-corrected chi connectivity index (χ0v) is 20.1. The van der Waals surface area contributed by atoms with E-state index in [0.29, 0.717) is 18.4 Å². The lowest BCUT2D eigenvalue weighted by Crippen LogP contribution is -2.49. The number of carbonyl (C=O) groups excluding carboxylic acids is 2. The highest BCUT2D eigenvalue weighted by Crippen LogP contribution is 2.20. The van der Waals surface area contributed by atoms with Crippen LogP contribution in [0.25, 0.3) is 5.69 Å². The molecule has 3 aromatic rings. The maximum Gasteiger partial charge on any atom is 0.352 e. The Labute approximate surface area is 206 Å². The summed E-state index contributed by atoms with van der Waals surface area (Å²) in [5, 5.41) is 4.13. The molecule has 0 radical (unpaired) electrons. The summed E-state index contributed by atoms with van der Waals surface area (Å²) in [6, 6.07) is 13.3. The zero-order valence-electron chi connectivity index (χ0n) is 20.1. The number of nitrogens with zero attached hydrogens (tertiary/aromatic N) is 4. The molecule has 1 unspecified atom stereocenters. The summed E-state index contributed by atoms with van der Waals surface area (Å²) in [5.74, 6) is -1.75. The number of ether oxygens (including phenoxy) is 1. The molecule has 4 rings (SSSR count). The van der Waals surface area contributed by atoms with E-state index in [-0.39, 0.29) is 37.3 Å². The average Bonchev–Trinajstić information content (AvgIpc) is 2.90. The monoisotopic (exact) mass is 494 g/mol. The fourth-order valence-corrected chi connectivity index (χ4v) is 4.32. The molecule has 10 heteroatoms. The van der Waals surface area contributed by atoms with Gasteiger partial charge < -0.3 is 9.64 Å². The molecule has 1 aliphatic rings. The molecule has 1 saturated heterocycles. The van der Waals surface area contributed by atoms with Crippen LogP contribution in [0.15, 0.2) is 64.2 Å². The third-order valence-electron chi connectivity index (χ3n) is 6.35. The largest absolute Gasteiger partial charge is 0.466 e. The quantitative estimate of drug-likeness (QED) is 0.488. The lowest BCUT2D eigenvalue weighted by Gasteiger charge is -2.30. The fraction of sp³-hybridized carbons (Fsp3) is 0.346. The van der Waals surface area contributed by atoms with Crippen molar-refractivity contribution < 1.29 is 18.7 Å². The number of likely N-dealkylation sites (tertiary alicyclic amines) is 1. The predicted octanol–water partition coefficient (Wildman–Crippen LogP) is 2.56. The molecule has 0 spiro atoms. The number of aromatic nitrogens is 3. The summed E-state index contributed by atoms with van der Waals surface area (Å²) in [6.45, 7) is 4.19. The van der Waals surface area contributed by atoms with E-state index < -0.39 is 34.7 Å². The van der Waals surface area contributed by atoms with Crippen molar-refractivity contribution in [3.63, 3.8) is 0 Å². The Kier molecular flexibility index (Phi) is 7.42. The molecule has 0 aliphatic carbocycles. The molecule has 188 valence electrons. The van der Waals surface area contributed by atoms with Gasteiger partial charge in [-0.25, -0.2) is 13.8 Å². The number of hydrogen-bond acceptors (Lipinski definition) is 6. The van der Waals surface area contributed by atoms with Gasteiger partial charge >= 0.3 is 11.7 Å². The van der Waals surface area contributed by atoms with Crippen LogP contribution in [0.3, 0.4) is 0 Å². The summed E-state index contributed by atoms with van der Waals surface area (Å²) in [7, 11) is 0. The van der Waals surface area contributed by atoms with Crippen molar-refractivity contribution in [1.29, 1.82) is 0 Å². The van der Waals surface area contributed by atoms with Gasteiger partial charge in [0.1, 0.15) is 5.82 Å². The Balaban J connectivity index is 1.76. The second-order valence-electron chi connectivity index (χ2n) is 8.60. The summed E-state index contributed by atoms with van der Waals surface area (Å²) in [5.41, 5.74) is -1.07. The van der Waals surface area contributed by atoms with Gasteiger partial charge in [-0.2, -0.15) is 9.78 Å². The highest BCUT2D eigenvalue weighted by atomic mass is 19.1. The van der Waals surface area contributed by atoms with Gasteiger partial charge in [0.25, 0.3) is 11.5 Å². The Morgan fingerprint density at radius 1 is 1.06 bits per heavy atom. The second kappa shape index (κ2) is 10.7. The van der Waals surface area contributed by atoms with Gasteiger partial charge in [-0.3, -0.25) is 14.4 Å². The van der Waals surface area contributed by atoms with Crippen LogP contribution in [0.1, 0.15) is 48.8 Å². The minimum atomic E-state index is -0.813. The summed E-state index contributed by atoms with van der Waals surface area (Å²) >= 11 is 0. The fourth-order valence-electron chi connectivity index (χ4n) is 4.32. The molecule has 2 aromatic carbocycles. The summed E-state index contributed by atoms with van der Waals surface area (Å²) in [4.78, 5) is 53.9. The van der Waals surface area contributed by atoms with E-state index >= 15 is 0 Å². The number of hydrogen-bond donors (Lipinski definition) is 0. The molecular formula is C26H27FN4O5. The minimum Gasteiger partial charge on any atom is -0.466 e. The maximum atomic E-state index is 13.5. The molecule has 1 fully saturated rings. The number of esters is 1. The second-order valence-corrected chi connectivity index (χ2v) is 8.60.